The van der Waals surface area contributed by atoms with Crippen molar-refractivity contribution in [2.45, 2.75) is 45.4 Å². The molecule has 3 rings (SSSR count). The Balaban J connectivity index is 1.64. The minimum atomic E-state index is -0.914. The van der Waals surface area contributed by atoms with Crippen molar-refractivity contribution in [1.29, 1.82) is 0 Å². The Bertz CT molecular complexity index is 856. The smallest absolute Gasteiger partial charge is 0.335 e. The Labute approximate surface area is 159 Å². The van der Waals surface area contributed by atoms with E-state index in [-0.39, 0.29) is 11.8 Å². The van der Waals surface area contributed by atoms with Gasteiger partial charge >= 0.3 is 5.97 Å². The minimum absolute atomic E-state index is 0.164. The lowest BCUT2D eigenvalue weighted by Crippen LogP contribution is -2.39. The number of carboxylic acid groups (broad SMARTS) is 1. The first-order chi connectivity index (χ1) is 12.9. The summed E-state index contributed by atoms with van der Waals surface area (Å²) in [4.78, 5) is 25.9. The fourth-order valence-corrected chi connectivity index (χ4v) is 3.97. The monoisotopic (exact) mass is 369 g/mol. The van der Waals surface area contributed by atoms with Crippen molar-refractivity contribution in [3.8, 4) is 0 Å². The van der Waals surface area contributed by atoms with Gasteiger partial charge in [0, 0.05) is 38.2 Å². The number of amides is 1. The summed E-state index contributed by atoms with van der Waals surface area (Å²) in [7, 11) is 1.92. The third kappa shape index (κ3) is 4.21. The number of hydrogen-bond acceptors (Lipinski definition) is 3. The van der Waals surface area contributed by atoms with Gasteiger partial charge in [-0.1, -0.05) is 12.1 Å². The molecule has 0 aliphatic carbocycles. The molecule has 1 N–H and O–H groups in total. The number of piperidine rings is 1. The van der Waals surface area contributed by atoms with E-state index in [1.807, 2.05) is 36.5 Å². The third-order valence-electron chi connectivity index (χ3n) is 5.63. The number of aryl methyl sites for hydroxylation is 2. The molecule has 1 aliphatic rings. The summed E-state index contributed by atoms with van der Waals surface area (Å²) in [6, 6.07) is 7.10. The fourth-order valence-electron chi connectivity index (χ4n) is 3.97. The Kier molecular flexibility index (Phi) is 5.63. The predicted molar refractivity (Wildman–Crippen MR) is 103 cm³/mol. The highest BCUT2D eigenvalue weighted by Gasteiger charge is 2.25. The number of carbonyl (C=O) groups excluding carboxylic acids is 1. The second-order valence-corrected chi connectivity index (χ2v) is 7.38. The zero-order valence-electron chi connectivity index (χ0n) is 16.2. The van der Waals surface area contributed by atoms with E-state index in [0.29, 0.717) is 24.9 Å². The van der Waals surface area contributed by atoms with Crippen LogP contribution in [-0.2, 0) is 18.3 Å². The number of benzene rings is 1. The molecule has 0 radical (unpaired) electrons. The molecule has 0 bridgehead atoms. The highest BCUT2D eigenvalue weighted by atomic mass is 16.4. The Morgan fingerprint density at radius 1 is 1.30 bits per heavy atom. The standard InChI is InChI=1S/C21H27N3O3/c1-14-19(15(2)23(3)22-14)9-10-20(25)24-11-5-8-18(13-24)16-6-4-7-17(12-16)21(26)27/h4,6-7,12,18H,5,8-11,13H2,1-3H3,(H,26,27)/t18-/m1/s1. The van der Waals surface area contributed by atoms with Crippen LogP contribution in [0.4, 0.5) is 0 Å². The summed E-state index contributed by atoms with van der Waals surface area (Å²) in [5, 5.41) is 13.6. The molecule has 2 aromatic rings. The van der Waals surface area contributed by atoms with Crippen molar-refractivity contribution in [1.82, 2.24) is 14.7 Å². The van der Waals surface area contributed by atoms with Crippen LogP contribution in [0.5, 0.6) is 0 Å². The van der Waals surface area contributed by atoms with E-state index >= 15 is 0 Å². The maximum Gasteiger partial charge on any atom is 0.335 e. The summed E-state index contributed by atoms with van der Waals surface area (Å²) in [6.07, 6.45) is 3.11. The molecule has 27 heavy (non-hydrogen) atoms. The van der Waals surface area contributed by atoms with E-state index < -0.39 is 5.97 Å². The third-order valence-corrected chi connectivity index (χ3v) is 5.63. The first kappa shape index (κ1) is 19.1. The lowest BCUT2D eigenvalue weighted by Gasteiger charge is -2.33. The number of aromatic nitrogens is 2. The number of likely N-dealkylation sites (tertiary alicyclic amines) is 1. The molecule has 1 saturated heterocycles. The van der Waals surface area contributed by atoms with Gasteiger partial charge in [0.25, 0.3) is 0 Å². The van der Waals surface area contributed by atoms with Crippen LogP contribution >= 0.6 is 0 Å². The zero-order chi connectivity index (χ0) is 19.6. The molecule has 144 valence electrons. The fraction of sp³-hybridized carbons (Fsp3) is 0.476. The van der Waals surface area contributed by atoms with Crippen LogP contribution in [0, 0.1) is 13.8 Å². The van der Waals surface area contributed by atoms with Crippen LogP contribution < -0.4 is 0 Å². The van der Waals surface area contributed by atoms with E-state index in [0.717, 1.165) is 41.9 Å². The van der Waals surface area contributed by atoms with Crippen LogP contribution in [0.3, 0.4) is 0 Å². The van der Waals surface area contributed by atoms with E-state index in [9.17, 15) is 14.7 Å². The van der Waals surface area contributed by atoms with Crippen molar-refractivity contribution in [2.24, 2.45) is 7.05 Å². The first-order valence-electron chi connectivity index (χ1n) is 9.47. The van der Waals surface area contributed by atoms with Crippen LogP contribution in [-0.4, -0.2) is 44.8 Å². The van der Waals surface area contributed by atoms with E-state index in [1.165, 1.54) is 0 Å². The second-order valence-electron chi connectivity index (χ2n) is 7.38. The lowest BCUT2D eigenvalue weighted by molar-refractivity contribution is -0.132. The first-order valence-corrected chi connectivity index (χ1v) is 9.47. The number of rotatable bonds is 5. The van der Waals surface area contributed by atoms with Gasteiger partial charge in [-0.15, -0.1) is 0 Å². The topological polar surface area (TPSA) is 75.4 Å². The molecule has 1 aliphatic heterocycles. The molecular weight excluding hydrogens is 342 g/mol. The summed E-state index contributed by atoms with van der Waals surface area (Å²) in [5.41, 5.74) is 4.57. The molecule has 1 amide bonds. The average molecular weight is 369 g/mol. The van der Waals surface area contributed by atoms with Crippen molar-refractivity contribution in [2.75, 3.05) is 13.1 Å². The maximum atomic E-state index is 12.8. The number of carbonyl (C=O) groups is 2. The average Bonchev–Trinajstić information content (AvgIpc) is 2.91. The Morgan fingerprint density at radius 2 is 2.07 bits per heavy atom. The summed E-state index contributed by atoms with van der Waals surface area (Å²) < 4.78 is 1.86. The summed E-state index contributed by atoms with van der Waals surface area (Å²) >= 11 is 0. The van der Waals surface area contributed by atoms with Crippen LogP contribution in [0.15, 0.2) is 24.3 Å². The van der Waals surface area contributed by atoms with E-state index in [2.05, 4.69) is 5.10 Å². The Hall–Kier alpha value is -2.63. The summed E-state index contributed by atoms with van der Waals surface area (Å²) in [5.74, 6) is -0.552. The van der Waals surface area contributed by atoms with Crippen LogP contribution in [0.1, 0.15) is 58.1 Å². The highest BCUT2D eigenvalue weighted by Crippen LogP contribution is 2.28. The number of nitrogens with zero attached hydrogens (tertiary/aromatic N) is 3. The highest BCUT2D eigenvalue weighted by molar-refractivity contribution is 5.87. The van der Waals surface area contributed by atoms with Crippen molar-refractivity contribution in [3.05, 3.63) is 52.3 Å². The molecule has 1 aromatic carbocycles. The van der Waals surface area contributed by atoms with Crippen molar-refractivity contribution in [3.63, 3.8) is 0 Å². The van der Waals surface area contributed by atoms with Gasteiger partial charge in [0.15, 0.2) is 0 Å². The second kappa shape index (κ2) is 7.94. The van der Waals surface area contributed by atoms with E-state index in [4.69, 9.17) is 0 Å². The van der Waals surface area contributed by atoms with Gasteiger partial charge < -0.3 is 10.0 Å². The van der Waals surface area contributed by atoms with Gasteiger partial charge in [0.1, 0.15) is 0 Å². The molecule has 1 atom stereocenters. The SMILES string of the molecule is Cc1nn(C)c(C)c1CCC(=O)N1CCC[C@@H](c2cccc(C(=O)O)c2)C1. The molecule has 6 nitrogen and oxygen atoms in total. The van der Waals surface area contributed by atoms with Gasteiger partial charge in [-0.05, 0) is 56.4 Å². The number of carboxylic acids is 1. The largest absolute Gasteiger partial charge is 0.478 e. The lowest BCUT2D eigenvalue weighted by atomic mass is 9.89. The van der Waals surface area contributed by atoms with Crippen LogP contribution in [0.2, 0.25) is 0 Å². The molecule has 6 heteroatoms. The quantitative estimate of drug-likeness (QED) is 0.879. The molecule has 1 aromatic heterocycles. The maximum absolute atomic E-state index is 12.8. The zero-order valence-corrected chi connectivity index (χ0v) is 16.2. The molecule has 1 fully saturated rings. The predicted octanol–water partition coefficient (Wildman–Crippen LogP) is 3.07. The molecule has 2 heterocycles. The minimum Gasteiger partial charge on any atom is -0.478 e. The molecule has 0 unspecified atom stereocenters. The van der Waals surface area contributed by atoms with Gasteiger partial charge in [-0.25, -0.2) is 4.79 Å². The molecule has 0 spiro atoms. The number of aromatic carboxylic acids is 1. The van der Waals surface area contributed by atoms with E-state index in [1.54, 1.807) is 18.2 Å². The Morgan fingerprint density at radius 3 is 2.74 bits per heavy atom. The normalized spacial score (nSPS) is 17.1. The summed E-state index contributed by atoms with van der Waals surface area (Å²) in [6.45, 7) is 5.46. The van der Waals surface area contributed by atoms with Gasteiger partial charge in [-0.3, -0.25) is 9.48 Å². The van der Waals surface area contributed by atoms with Gasteiger partial charge in [0.2, 0.25) is 5.91 Å². The molecule has 0 saturated carbocycles. The number of hydrogen-bond donors (Lipinski definition) is 1. The van der Waals surface area contributed by atoms with Crippen molar-refractivity contribution >= 4 is 11.9 Å². The van der Waals surface area contributed by atoms with Crippen molar-refractivity contribution < 1.29 is 14.7 Å². The van der Waals surface area contributed by atoms with Crippen LogP contribution in [0.25, 0.3) is 0 Å². The molecular formula is C21H27N3O3. The van der Waals surface area contributed by atoms with Gasteiger partial charge in [-0.2, -0.15) is 5.10 Å². The van der Waals surface area contributed by atoms with Gasteiger partial charge in [0.05, 0.1) is 11.3 Å².